The Morgan fingerprint density at radius 1 is 0.871 bits per heavy atom. The zero-order valence-corrected chi connectivity index (χ0v) is 17.5. The van der Waals surface area contributed by atoms with Gasteiger partial charge in [-0.25, -0.2) is 9.69 Å². The molecule has 0 aliphatic carbocycles. The summed E-state index contributed by atoms with van der Waals surface area (Å²) in [6.45, 7) is 1.80. The minimum Gasteiger partial charge on any atom is -0.273 e. The Labute approximate surface area is 185 Å². The number of carbonyl (C=O) groups excluding carboxylic acids is 3. The predicted octanol–water partition coefficient (Wildman–Crippen LogP) is 4.91. The summed E-state index contributed by atoms with van der Waals surface area (Å²) in [7, 11) is 0. The number of imide groups is 2. The molecule has 31 heavy (non-hydrogen) atoms. The van der Waals surface area contributed by atoms with Crippen LogP contribution in [0.3, 0.4) is 0 Å². The van der Waals surface area contributed by atoms with Crippen molar-refractivity contribution < 1.29 is 14.4 Å². The van der Waals surface area contributed by atoms with Gasteiger partial charge in [-0.15, -0.1) is 0 Å². The largest absolute Gasteiger partial charge is 0.335 e. The number of anilines is 1. The number of urea groups is 1. The van der Waals surface area contributed by atoms with Gasteiger partial charge in [-0.2, -0.15) is 0 Å². The summed E-state index contributed by atoms with van der Waals surface area (Å²) in [6, 6.07) is 21.3. The molecule has 0 spiro atoms. The molecule has 1 heterocycles. The number of halogens is 1. The van der Waals surface area contributed by atoms with E-state index in [1.165, 1.54) is 6.08 Å². The van der Waals surface area contributed by atoms with Gasteiger partial charge in [-0.1, -0.05) is 72.3 Å². The molecule has 154 valence electrons. The van der Waals surface area contributed by atoms with E-state index in [0.29, 0.717) is 22.7 Å². The van der Waals surface area contributed by atoms with E-state index < -0.39 is 17.8 Å². The van der Waals surface area contributed by atoms with Gasteiger partial charge in [-0.05, 0) is 53.8 Å². The Hall–Kier alpha value is -3.70. The lowest BCUT2D eigenvalue weighted by Gasteiger charge is -2.27. The number of nitrogens with one attached hydrogen (secondary N) is 1. The van der Waals surface area contributed by atoms with Crippen LogP contribution >= 0.6 is 11.6 Å². The molecule has 4 rings (SSSR count). The van der Waals surface area contributed by atoms with Crippen LogP contribution in [0.2, 0.25) is 5.02 Å². The summed E-state index contributed by atoms with van der Waals surface area (Å²) in [5, 5.41) is 2.92. The first kappa shape index (κ1) is 20.6. The molecule has 4 amide bonds. The van der Waals surface area contributed by atoms with Crippen LogP contribution in [0.4, 0.5) is 10.5 Å². The maximum absolute atomic E-state index is 13.2. The summed E-state index contributed by atoms with van der Waals surface area (Å²) in [6.07, 6.45) is 2.07. The summed E-state index contributed by atoms with van der Waals surface area (Å²) < 4.78 is 0. The van der Waals surface area contributed by atoms with Crippen LogP contribution in [0.1, 0.15) is 22.3 Å². The average Bonchev–Trinajstić information content (AvgIpc) is 2.75. The third kappa shape index (κ3) is 4.13. The Bertz CT molecular complexity index is 1230. The Morgan fingerprint density at radius 3 is 2.26 bits per heavy atom. The van der Waals surface area contributed by atoms with E-state index in [-0.39, 0.29) is 5.57 Å². The van der Waals surface area contributed by atoms with E-state index >= 15 is 0 Å². The molecule has 1 saturated heterocycles. The Kier molecular flexibility index (Phi) is 5.69. The minimum absolute atomic E-state index is 0.102. The van der Waals surface area contributed by atoms with Crippen molar-refractivity contribution in [1.29, 1.82) is 0 Å². The summed E-state index contributed by atoms with van der Waals surface area (Å²) >= 11 is 6.30. The van der Waals surface area contributed by atoms with Crippen LogP contribution in [-0.4, -0.2) is 17.8 Å². The highest BCUT2D eigenvalue weighted by molar-refractivity contribution is 6.39. The molecule has 5 nitrogen and oxygen atoms in total. The molecule has 3 aromatic rings. The van der Waals surface area contributed by atoms with Crippen molar-refractivity contribution in [2.75, 3.05) is 4.90 Å². The van der Waals surface area contributed by atoms with Gasteiger partial charge in [0.1, 0.15) is 5.57 Å². The molecule has 0 atom stereocenters. The first-order valence-corrected chi connectivity index (χ1v) is 10.1. The minimum atomic E-state index is -0.759. The molecule has 0 unspecified atom stereocenters. The average molecular weight is 431 g/mol. The fraction of sp³-hybridized carbons (Fsp3) is 0.0800. The zero-order chi connectivity index (χ0) is 22.0. The molecular weight excluding hydrogens is 412 g/mol. The highest BCUT2D eigenvalue weighted by atomic mass is 35.5. The number of nitrogens with zero attached hydrogens (tertiary/aromatic N) is 1. The highest BCUT2D eigenvalue weighted by Gasteiger charge is 2.37. The van der Waals surface area contributed by atoms with Crippen molar-refractivity contribution in [3.05, 3.63) is 106 Å². The summed E-state index contributed by atoms with van der Waals surface area (Å²) in [5.74, 6) is -1.37. The maximum Gasteiger partial charge on any atom is 0.335 e. The molecule has 1 N–H and O–H groups in total. The number of barbiturate groups is 1. The predicted molar refractivity (Wildman–Crippen MR) is 121 cm³/mol. The van der Waals surface area contributed by atoms with E-state index in [4.69, 9.17) is 11.6 Å². The molecule has 1 aliphatic heterocycles. The third-order valence-corrected chi connectivity index (χ3v) is 5.52. The molecule has 3 aromatic carbocycles. The van der Waals surface area contributed by atoms with Gasteiger partial charge in [0.2, 0.25) is 0 Å². The lowest BCUT2D eigenvalue weighted by Crippen LogP contribution is -2.54. The number of hydrogen-bond donors (Lipinski definition) is 1. The van der Waals surface area contributed by atoms with Crippen molar-refractivity contribution in [3.8, 4) is 0 Å². The van der Waals surface area contributed by atoms with Crippen molar-refractivity contribution >= 4 is 41.2 Å². The van der Waals surface area contributed by atoms with Crippen LogP contribution in [0.15, 0.2) is 78.4 Å². The van der Waals surface area contributed by atoms with Gasteiger partial charge in [-0.3, -0.25) is 14.9 Å². The molecule has 0 radical (unpaired) electrons. The summed E-state index contributed by atoms with van der Waals surface area (Å²) in [4.78, 5) is 39.2. The molecule has 6 heteroatoms. The first-order chi connectivity index (χ1) is 15.0. The normalized spacial score (nSPS) is 15.4. The van der Waals surface area contributed by atoms with Crippen molar-refractivity contribution in [2.24, 2.45) is 0 Å². The van der Waals surface area contributed by atoms with Crippen molar-refractivity contribution in [1.82, 2.24) is 5.32 Å². The number of hydrogen-bond acceptors (Lipinski definition) is 3. The third-order valence-electron chi connectivity index (χ3n) is 5.15. The van der Waals surface area contributed by atoms with Crippen LogP contribution in [0.25, 0.3) is 6.08 Å². The second-order valence-corrected chi connectivity index (χ2v) is 7.62. The van der Waals surface area contributed by atoms with E-state index in [2.05, 4.69) is 5.32 Å². The Morgan fingerprint density at radius 2 is 1.52 bits per heavy atom. The summed E-state index contributed by atoms with van der Waals surface area (Å²) in [5.41, 5.74) is 3.63. The maximum atomic E-state index is 13.2. The number of carbonyl (C=O) groups is 3. The zero-order valence-electron chi connectivity index (χ0n) is 16.8. The van der Waals surface area contributed by atoms with Crippen LogP contribution in [0, 0.1) is 6.92 Å². The molecular formula is C25H19ClN2O3. The molecule has 0 bridgehead atoms. The van der Waals surface area contributed by atoms with E-state index in [0.717, 1.165) is 21.6 Å². The smallest absolute Gasteiger partial charge is 0.273 e. The fourth-order valence-corrected chi connectivity index (χ4v) is 3.73. The molecule has 1 fully saturated rings. The number of para-hydroxylation sites is 1. The van der Waals surface area contributed by atoms with Gasteiger partial charge < -0.3 is 0 Å². The lowest BCUT2D eigenvalue weighted by molar-refractivity contribution is -0.122. The van der Waals surface area contributed by atoms with E-state index in [1.807, 2.05) is 54.6 Å². The number of amides is 4. The fourth-order valence-electron chi connectivity index (χ4n) is 3.53. The Balaban J connectivity index is 1.74. The van der Waals surface area contributed by atoms with Gasteiger partial charge >= 0.3 is 6.03 Å². The van der Waals surface area contributed by atoms with E-state index in [9.17, 15) is 14.4 Å². The van der Waals surface area contributed by atoms with Gasteiger partial charge in [0.15, 0.2) is 0 Å². The van der Waals surface area contributed by atoms with Crippen LogP contribution in [0.5, 0.6) is 0 Å². The van der Waals surface area contributed by atoms with Crippen LogP contribution in [-0.2, 0) is 16.0 Å². The SMILES string of the molecule is Cc1ccccc1N1C(=O)NC(=O)/C(=C\c2ccccc2Cc2ccccc2Cl)C1=O. The molecule has 0 saturated carbocycles. The van der Waals surface area contributed by atoms with E-state index in [1.54, 1.807) is 25.1 Å². The number of benzene rings is 3. The van der Waals surface area contributed by atoms with Gasteiger partial charge in [0.05, 0.1) is 5.69 Å². The monoisotopic (exact) mass is 430 g/mol. The van der Waals surface area contributed by atoms with Crippen molar-refractivity contribution in [2.45, 2.75) is 13.3 Å². The lowest BCUT2D eigenvalue weighted by atomic mass is 9.97. The van der Waals surface area contributed by atoms with Gasteiger partial charge in [0, 0.05) is 5.02 Å². The second kappa shape index (κ2) is 8.58. The highest BCUT2D eigenvalue weighted by Crippen LogP contribution is 2.26. The standard InChI is InChI=1S/C25H19ClN2O3/c1-16-8-2-7-13-22(16)28-24(30)20(23(29)27-25(28)31)15-18-10-4-3-9-17(18)14-19-11-5-6-12-21(19)26/h2-13,15H,14H2,1H3,(H,27,29,31)/b20-15+. The quantitative estimate of drug-likeness (QED) is 0.472. The second-order valence-electron chi connectivity index (χ2n) is 7.21. The topological polar surface area (TPSA) is 66.5 Å². The van der Waals surface area contributed by atoms with Crippen molar-refractivity contribution in [3.63, 3.8) is 0 Å². The molecule has 1 aliphatic rings. The number of aryl methyl sites for hydroxylation is 1. The number of rotatable bonds is 4. The molecule has 0 aromatic heterocycles. The first-order valence-electron chi connectivity index (χ1n) is 9.74. The van der Waals surface area contributed by atoms with Gasteiger partial charge in [0.25, 0.3) is 11.8 Å². The van der Waals surface area contributed by atoms with Crippen LogP contribution < -0.4 is 10.2 Å².